The highest BCUT2D eigenvalue weighted by Crippen LogP contribution is 2.46. The summed E-state index contributed by atoms with van der Waals surface area (Å²) in [5, 5.41) is 0. The molecule has 21 heavy (non-hydrogen) atoms. The Bertz CT molecular complexity index is 480. The van der Waals surface area contributed by atoms with Crippen molar-refractivity contribution >= 4 is 0 Å². The second-order valence-electron chi connectivity index (χ2n) is 7.92. The fourth-order valence-corrected chi connectivity index (χ4v) is 4.19. The summed E-state index contributed by atoms with van der Waals surface area (Å²) >= 11 is 0. The first kappa shape index (κ1) is 16.5. The molecule has 2 unspecified atom stereocenters. The fourth-order valence-electron chi connectivity index (χ4n) is 4.19. The molecule has 1 aromatic carbocycles. The van der Waals surface area contributed by atoms with Crippen molar-refractivity contribution in [2.24, 2.45) is 17.1 Å². The Morgan fingerprint density at radius 3 is 2.57 bits per heavy atom. The molecule has 0 aromatic heterocycles. The largest absolute Gasteiger partial charge is 0.329 e. The Morgan fingerprint density at radius 2 is 2.00 bits per heavy atom. The average molecular weight is 288 g/mol. The molecule has 0 aliphatic heterocycles. The van der Waals surface area contributed by atoms with E-state index in [1.54, 1.807) is 0 Å². The van der Waals surface area contributed by atoms with Crippen molar-refractivity contribution in [3.05, 3.63) is 35.4 Å². The van der Waals surface area contributed by atoms with Gasteiger partial charge in [-0.1, -0.05) is 50.6 Å². The van der Waals surface area contributed by atoms with Crippen molar-refractivity contribution in [1.29, 1.82) is 0 Å². The third-order valence-corrected chi connectivity index (χ3v) is 5.63. The van der Waals surface area contributed by atoms with Crippen LogP contribution in [0.4, 0.5) is 0 Å². The standard InChI is InChI=1S/C19H32N2/c1-15-7-6-8-17(11-15)13-21(5)19(14-20)10-9-18(3,4)12-16(19)2/h6-8,11,16H,9-10,12-14,20H2,1-5H3. The summed E-state index contributed by atoms with van der Waals surface area (Å²) in [5.41, 5.74) is 9.60. The van der Waals surface area contributed by atoms with Crippen LogP contribution in [0, 0.1) is 18.3 Å². The molecule has 0 saturated heterocycles. The molecule has 2 atom stereocenters. The Labute approximate surface area is 130 Å². The van der Waals surface area contributed by atoms with Crippen molar-refractivity contribution in [2.45, 2.75) is 59.0 Å². The van der Waals surface area contributed by atoms with Crippen molar-refractivity contribution in [3.8, 4) is 0 Å². The molecule has 0 heterocycles. The molecule has 0 amide bonds. The van der Waals surface area contributed by atoms with Gasteiger partial charge in [-0.15, -0.1) is 0 Å². The van der Waals surface area contributed by atoms with Gasteiger partial charge in [-0.05, 0) is 50.1 Å². The molecular formula is C19H32N2. The van der Waals surface area contributed by atoms with Crippen LogP contribution in [0.15, 0.2) is 24.3 Å². The molecule has 1 aliphatic rings. The van der Waals surface area contributed by atoms with E-state index in [9.17, 15) is 0 Å². The average Bonchev–Trinajstić information content (AvgIpc) is 2.38. The maximum Gasteiger partial charge on any atom is 0.0358 e. The van der Waals surface area contributed by atoms with E-state index in [-0.39, 0.29) is 5.54 Å². The minimum atomic E-state index is 0.152. The lowest BCUT2D eigenvalue weighted by molar-refractivity contribution is -0.0117. The smallest absolute Gasteiger partial charge is 0.0358 e. The summed E-state index contributed by atoms with van der Waals surface area (Å²) in [6.07, 6.45) is 3.75. The van der Waals surface area contributed by atoms with Crippen molar-refractivity contribution in [2.75, 3.05) is 13.6 Å². The fraction of sp³-hybridized carbons (Fsp3) is 0.684. The number of nitrogens with two attached hydrogens (primary N) is 1. The van der Waals surface area contributed by atoms with Gasteiger partial charge >= 0.3 is 0 Å². The van der Waals surface area contributed by atoms with Crippen LogP contribution in [0.5, 0.6) is 0 Å². The SMILES string of the molecule is Cc1cccc(CN(C)C2(CN)CCC(C)(C)CC2C)c1. The number of rotatable bonds is 4. The lowest BCUT2D eigenvalue weighted by Gasteiger charge is -2.52. The van der Waals surface area contributed by atoms with Gasteiger partial charge in [-0.25, -0.2) is 0 Å². The minimum absolute atomic E-state index is 0.152. The molecule has 0 radical (unpaired) electrons. The van der Waals surface area contributed by atoms with Gasteiger partial charge in [0.25, 0.3) is 0 Å². The molecule has 0 spiro atoms. The second kappa shape index (κ2) is 6.10. The van der Waals surface area contributed by atoms with E-state index in [0.29, 0.717) is 11.3 Å². The summed E-state index contributed by atoms with van der Waals surface area (Å²) in [4.78, 5) is 2.52. The van der Waals surface area contributed by atoms with Gasteiger partial charge in [0.05, 0.1) is 0 Å². The predicted molar refractivity (Wildman–Crippen MR) is 91.2 cm³/mol. The zero-order valence-electron chi connectivity index (χ0n) is 14.4. The molecule has 1 fully saturated rings. The van der Waals surface area contributed by atoms with Crippen LogP contribution in [-0.4, -0.2) is 24.0 Å². The number of likely N-dealkylation sites (N-methyl/N-ethyl adjacent to an activating group) is 1. The van der Waals surface area contributed by atoms with E-state index in [0.717, 1.165) is 13.1 Å². The van der Waals surface area contributed by atoms with Gasteiger partial charge in [0.2, 0.25) is 0 Å². The highest BCUT2D eigenvalue weighted by Gasteiger charge is 2.45. The lowest BCUT2D eigenvalue weighted by Crippen LogP contribution is -2.59. The molecule has 2 heteroatoms. The zero-order valence-corrected chi connectivity index (χ0v) is 14.4. The summed E-state index contributed by atoms with van der Waals surface area (Å²) < 4.78 is 0. The lowest BCUT2D eigenvalue weighted by atomic mass is 9.63. The van der Waals surface area contributed by atoms with Gasteiger partial charge in [-0.3, -0.25) is 4.90 Å². The van der Waals surface area contributed by atoms with Crippen LogP contribution >= 0.6 is 0 Å². The van der Waals surface area contributed by atoms with Gasteiger partial charge in [0.15, 0.2) is 0 Å². The molecule has 1 saturated carbocycles. The Kier molecular flexibility index (Phi) is 4.79. The molecule has 1 aromatic rings. The van der Waals surface area contributed by atoms with E-state index < -0.39 is 0 Å². The Morgan fingerprint density at radius 1 is 1.29 bits per heavy atom. The number of benzene rings is 1. The Balaban J connectivity index is 2.16. The van der Waals surface area contributed by atoms with Crippen LogP contribution in [0.2, 0.25) is 0 Å². The highest BCUT2D eigenvalue weighted by molar-refractivity contribution is 5.22. The first-order valence-corrected chi connectivity index (χ1v) is 8.26. The van der Waals surface area contributed by atoms with Gasteiger partial charge in [0.1, 0.15) is 0 Å². The molecule has 2 rings (SSSR count). The molecule has 2 N–H and O–H groups in total. The first-order chi connectivity index (χ1) is 9.79. The monoisotopic (exact) mass is 288 g/mol. The van der Waals surface area contributed by atoms with Gasteiger partial charge < -0.3 is 5.73 Å². The third-order valence-electron chi connectivity index (χ3n) is 5.63. The zero-order chi connectivity index (χ0) is 15.7. The maximum atomic E-state index is 6.26. The summed E-state index contributed by atoms with van der Waals surface area (Å²) in [6.45, 7) is 11.1. The minimum Gasteiger partial charge on any atom is -0.329 e. The number of hydrogen-bond donors (Lipinski definition) is 1. The first-order valence-electron chi connectivity index (χ1n) is 8.26. The van der Waals surface area contributed by atoms with Crippen molar-refractivity contribution in [3.63, 3.8) is 0 Å². The number of aryl methyl sites for hydroxylation is 1. The van der Waals surface area contributed by atoms with Crippen LogP contribution in [0.25, 0.3) is 0 Å². The van der Waals surface area contributed by atoms with E-state index >= 15 is 0 Å². The normalized spacial score (nSPS) is 28.8. The van der Waals surface area contributed by atoms with Gasteiger partial charge in [-0.2, -0.15) is 0 Å². The van der Waals surface area contributed by atoms with E-state index in [4.69, 9.17) is 5.73 Å². The third kappa shape index (κ3) is 3.49. The number of hydrogen-bond acceptors (Lipinski definition) is 2. The van der Waals surface area contributed by atoms with Crippen molar-refractivity contribution < 1.29 is 0 Å². The quantitative estimate of drug-likeness (QED) is 0.908. The summed E-state index contributed by atoms with van der Waals surface area (Å²) in [6, 6.07) is 8.83. The van der Waals surface area contributed by atoms with E-state index in [1.807, 2.05) is 0 Å². The van der Waals surface area contributed by atoms with Crippen LogP contribution in [0.1, 0.15) is 51.2 Å². The Hall–Kier alpha value is -0.860. The summed E-state index contributed by atoms with van der Waals surface area (Å²) in [7, 11) is 2.25. The maximum absolute atomic E-state index is 6.26. The molecular weight excluding hydrogens is 256 g/mol. The van der Waals surface area contributed by atoms with Crippen LogP contribution in [-0.2, 0) is 6.54 Å². The van der Waals surface area contributed by atoms with Crippen molar-refractivity contribution in [1.82, 2.24) is 4.90 Å². The number of nitrogens with zero attached hydrogens (tertiary/aromatic N) is 1. The topological polar surface area (TPSA) is 29.3 Å². The van der Waals surface area contributed by atoms with E-state index in [2.05, 4.69) is 63.9 Å². The summed E-state index contributed by atoms with van der Waals surface area (Å²) in [5.74, 6) is 0.640. The van der Waals surface area contributed by atoms with E-state index in [1.165, 1.54) is 30.4 Å². The van der Waals surface area contributed by atoms with Crippen LogP contribution in [0.3, 0.4) is 0 Å². The highest BCUT2D eigenvalue weighted by atomic mass is 15.2. The molecule has 118 valence electrons. The second-order valence-corrected chi connectivity index (χ2v) is 7.92. The molecule has 2 nitrogen and oxygen atoms in total. The molecule has 0 bridgehead atoms. The van der Waals surface area contributed by atoms with Crippen LogP contribution < -0.4 is 5.73 Å². The molecule has 1 aliphatic carbocycles. The predicted octanol–water partition coefficient (Wildman–Crippen LogP) is 3.97. The van der Waals surface area contributed by atoms with Gasteiger partial charge in [0, 0.05) is 18.6 Å².